The van der Waals surface area contributed by atoms with Crippen LogP contribution in [0.4, 0.5) is 0 Å². The second kappa shape index (κ2) is 9.82. The lowest BCUT2D eigenvalue weighted by atomic mass is 10.0. The Balaban J connectivity index is 1.28. The van der Waals surface area contributed by atoms with E-state index in [-0.39, 0.29) is 0 Å². The first-order valence-electron chi connectivity index (χ1n) is 14.9. The fraction of sp³-hybridized carbons (Fsp3) is 0. The van der Waals surface area contributed by atoms with Gasteiger partial charge in [-0.05, 0) is 70.8 Å². The minimum Gasteiger partial charge on any atom is -0.456 e. The number of fused-ring (bicyclic) bond motifs is 6. The van der Waals surface area contributed by atoms with E-state index in [1.165, 1.54) is 27.5 Å². The maximum Gasteiger partial charge on any atom is 0.135 e. The standard InChI is InChI=1S/C41H26N2O/c1-3-9-27(10-4-1)28-15-19-32(20-16-28)43-37-21-17-30(31-18-22-39-36(26-31)33-13-7-8-14-38(33)44-39)25-35(37)34-23-24-42-40(41(34)43)29-11-5-2-6-12-29/h1-26H. The molecule has 0 aliphatic heterocycles. The molecule has 0 unspecified atom stereocenters. The number of benzene rings is 6. The van der Waals surface area contributed by atoms with Crippen molar-refractivity contribution in [3.8, 4) is 39.2 Å². The summed E-state index contributed by atoms with van der Waals surface area (Å²) in [6.07, 6.45) is 1.93. The third kappa shape index (κ3) is 3.87. The fourth-order valence-electron chi connectivity index (χ4n) is 6.56. The van der Waals surface area contributed by atoms with E-state index in [0.717, 1.165) is 55.5 Å². The van der Waals surface area contributed by atoms with Gasteiger partial charge in [0.1, 0.15) is 11.2 Å². The van der Waals surface area contributed by atoms with Crippen LogP contribution < -0.4 is 0 Å². The molecule has 206 valence electrons. The molecule has 0 saturated heterocycles. The van der Waals surface area contributed by atoms with E-state index in [9.17, 15) is 0 Å². The Hall–Kier alpha value is -5.93. The van der Waals surface area contributed by atoms with Crippen molar-refractivity contribution in [2.45, 2.75) is 0 Å². The highest BCUT2D eigenvalue weighted by Crippen LogP contribution is 2.40. The highest BCUT2D eigenvalue weighted by atomic mass is 16.3. The van der Waals surface area contributed by atoms with Crippen molar-refractivity contribution in [1.29, 1.82) is 0 Å². The number of nitrogens with zero attached hydrogens (tertiary/aromatic N) is 2. The molecule has 0 fully saturated rings. The first-order chi connectivity index (χ1) is 21.8. The molecule has 9 rings (SSSR count). The number of hydrogen-bond acceptors (Lipinski definition) is 2. The molecule has 3 heteroatoms. The predicted octanol–water partition coefficient (Wildman–Crippen LogP) is 11.1. The topological polar surface area (TPSA) is 31.0 Å². The number of furan rings is 1. The van der Waals surface area contributed by atoms with Crippen LogP contribution in [0.3, 0.4) is 0 Å². The molecule has 3 aromatic heterocycles. The number of pyridine rings is 1. The van der Waals surface area contributed by atoms with Crippen molar-refractivity contribution < 1.29 is 4.42 Å². The Labute approximate surface area is 254 Å². The van der Waals surface area contributed by atoms with Crippen molar-refractivity contribution in [2.24, 2.45) is 0 Å². The Bertz CT molecular complexity index is 2470. The molecule has 0 spiro atoms. The Morgan fingerprint density at radius 3 is 1.84 bits per heavy atom. The summed E-state index contributed by atoms with van der Waals surface area (Å²) in [7, 11) is 0. The molecule has 9 aromatic rings. The summed E-state index contributed by atoms with van der Waals surface area (Å²) in [5, 5.41) is 4.65. The fourth-order valence-corrected chi connectivity index (χ4v) is 6.56. The van der Waals surface area contributed by atoms with Gasteiger partial charge in [-0.2, -0.15) is 0 Å². The zero-order valence-corrected chi connectivity index (χ0v) is 23.8. The highest BCUT2D eigenvalue weighted by Gasteiger charge is 2.18. The van der Waals surface area contributed by atoms with Gasteiger partial charge in [0, 0.05) is 39.0 Å². The Morgan fingerprint density at radius 2 is 1.05 bits per heavy atom. The molecule has 3 heterocycles. The minimum atomic E-state index is 0.908. The normalized spacial score (nSPS) is 11.6. The van der Waals surface area contributed by atoms with Crippen molar-refractivity contribution in [1.82, 2.24) is 9.55 Å². The molecule has 0 aliphatic carbocycles. The summed E-state index contributed by atoms with van der Waals surface area (Å²) in [6.45, 7) is 0. The van der Waals surface area contributed by atoms with Crippen LogP contribution in [0.25, 0.3) is 82.9 Å². The van der Waals surface area contributed by atoms with Crippen LogP contribution in [0, 0.1) is 0 Å². The van der Waals surface area contributed by atoms with Crippen molar-refractivity contribution in [3.63, 3.8) is 0 Å². The van der Waals surface area contributed by atoms with E-state index in [2.05, 4.69) is 138 Å². The summed E-state index contributed by atoms with van der Waals surface area (Å²) >= 11 is 0. The summed E-state index contributed by atoms with van der Waals surface area (Å²) in [5.41, 5.74) is 12.0. The zero-order valence-electron chi connectivity index (χ0n) is 23.8. The van der Waals surface area contributed by atoms with Gasteiger partial charge in [-0.15, -0.1) is 0 Å². The lowest BCUT2D eigenvalue weighted by Gasteiger charge is -2.12. The summed E-state index contributed by atoms with van der Waals surface area (Å²) < 4.78 is 8.47. The van der Waals surface area contributed by atoms with Crippen LogP contribution in [0.5, 0.6) is 0 Å². The summed E-state index contributed by atoms with van der Waals surface area (Å²) in [5.74, 6) is 0. The van der Waals surface area contributed by atoms with Crippen LogP contribution in [0.1, 0.15) is 0 Å². The SMILES string of the molecule is c1ccc(-c2ccc(-n3c4ccc(-c5ccc6oc7ccccc7c6c5)cc4c4ccnc(-c5ccccc5)c43)cc2)cc1. The highest BCUT2D eigenvalue weighted by molar-refractivity contribution is 6.14. The largest absolute Gasteiger partial charge is 0.456 e. The lowest BCUT2D eigenvalue weighted by molar-refractivity contribution is 0.669. The molecule has 0 radical (unpaired) electrons. The molecular weight excluding hydrogens is 536 g/mol. The summed E-state index contributed by atoms with van der Waals surface area (Å²) in [6, 6.07) is 53.5. The van der Waals surface area contributed by atoms with Crippen molar-refractivity contribution in [3.05, 3.63) is 158 Å². The molecule has 44 heavy (non-hydrogen) atoms. The third-order valence-corrected chi connectivity index (χ3v) is 8.67. The molecule has 3 nitrogen and oxygen atoms in total. The smallest absolute Gasteiger partial charge is 0.135 e. The first kappa shape index (κ1) is 24.6. The average molecular weight is 563 g/mol. The molecule has 0 aliphatic rings. The quantitative estimate of drug-likeness (QED) is 0.214. The second-order valence-electron chi connectivity index (χ2n) is 11.2. The lowest BCUT2D eigenvalue weighted by Crippen LogP contribution is -1.97. The maximum atomic E-state index is 6.11. The van der Waals surface area contributed by atoms with Gasteiger partial charge in [-0.1, -0.05) is 103 Å². The molecule has 0 N–H and O–H groups in total. The van der Waals surface area contributed by atoms with Crippen molar-refractivity contribution in [2.75, 3.05) is 0 Å². The first-order valence-corrected chi connectivity index (χ1v) is 14.9. The van der Waals surface area contributed by atoms with E-state index >= 15 is 0 Å². The van der Waals surface area contributed by atoms with Gasteiger partial charge in [0.2, 0.25) is 0 Å². The monoisotopic (exact) mass is 562 g/mol. The molecule has 0 amide bonds. The number of para-hydroxylation sites is 1. The number of rotatable bonds is 4. The number of hydrogen-bond donors (Lipinski definition) is 0. The summed E-state index contributed by atoms with van der Waals surface area (Å²) in [4.78, 5) is 4.93. The van der Waals surface area contributed by atoms with E-state index in [0.29, 0.717) is 0 Å². The van der Waals surface area contributed by atoms with Gasteiger partial charge in [0.05, 0.1) is 16.7 Å². The third-order valence-electron chi connectivity index (χ3n) is 8.67. The van der Waals surface area contributed by atoms with Gasteiger partial charge >= 0.3 is 0 Å². The predicted molar refractivity (Wildman–Crippen MR) is 182 cm³/mol. The van der Waals surface area contributed by atoms with Crippen LogP contribution in [0.15, 0.2) is 162 Å². The van der Waals surface area contributed by atoms with Crippen molar-refractivity contribution >= 4 is 43.7 Å². The molecular formula is C41H26N2O. The molecule has 6 aromatic carbocycles. The minimum absolute atomic E-state index is 0.908. The molecule has 0 bridgehead atoms. The maximum absolute atomic E-state index is 6.11. The second-order valence-corrected chi connectivity index (χ2v) is 11.2. The molecule has 0 saturated carbocycles. The van der Waals surface area contributed by atoms with E-state index in [4.69, 9.17) is 9.40 Å². The zero-order chi connectivity index (χ0) is 29.0. The van der Waals surface area contributed by atoms with Crippen LogP contribution in [0.2, 0.25) is 0 Å². The average Bonchev–Trinajstić information content (AvgIpc) is 3.64. The Kier molecular flexibility index (Phi) is 5.50. The van der Waals surface area contributed by atoms with E-state index in [1.807, 2.05) is 24.4 Å². The van der Waals surface area contributed by atoms with E-state index < -0.39 is 0 Å². The molecule has 0 atom stereocenters. The van der Waals surface area contributed by atoms with Crippen LogP contribution in [-0.2, 0) is 0 Å². The van der Waals surface area contributed by atoms with Gasteiger partial charge in [0.15, 0.2) is 0 Å². The van der Waals surface area contributed by atoms with E-state index in [1.54, 1.807) is 0 Å². The van der Waals surface area contributed by atoms with Crippen LogP contribution >= 0.6 is 0 Å². The van der Waals surface area contributed by atoms with Gasteiger partial charge in [0.25, 0.3) is 0 Å². The van der Waals surface area contributed by atoms with Gasteiger partial charge in [-0.25, -0.2) is 0 Å². The van der Waals surface area contributed by atoms with Crippen LogP contribution in [-0.4, -0.2) is 9.55 Å². The Morgan fingerprint density at radius 1 is 0.432 bits per heavy atom. The van der Waals surface area contributed by atoms with Gasteiger partial charge in [-0.3, -0.25) is 4.98 Å². The number of aromatic nitrogens is 2. The van der Waals surface area contributed by atoms with Gasteiger partial charge < -0.3 is 8.98 Å².